The van der Waals surface area contributed by atoms with Crippen molar-refractivity contribution in [1.82, 2.24) is 4.90 Å². The topological polar surface area (TPSA) is 94.5 Å². The Hall–Kier alpha value is -3.53. The van der Waals surface area contributed by atoms with Crippen LogP contribution in [-0.2, 0) is 9.16 Å². The van der Waals surface area contributed by atoms with Crippen molar-refractivity contribution in [3.05, 3.63) is 82.9 Å². The first-order chi connectivity index (χ1) is 20.4. The molecule has 43 heavy (non-hydrogen) atoms. The highest BCUT2D eigenvalue weighted by atomic mass is 35.5. The van der Waals surface area contributed by atoms with Gasteiger partial charge in [0.15, 0.2) is 5.75 Å². The average molecular weight is 626 g/mol. The highest BCUT2D eigenvalue weighted by molar-refractivity contribution is 6.99. The molecule has 8 nitrogen and oxygen atoms in total. The quantitative estimate of drug-likeness (QED) is 0.221. The third-order valence-electron chi connectivity index (χ3n) is 7.86. The molecular weight excluding hydrogens is 586 g/mol. The molecule has 1 aliphatic rings. The highest BCUT2D eigenvalue weighted by Crippen LogP contribution is 2.41. The molecule has 3 aromatic rings. The average Bonchev–Trinajstić information content (AvgIpc) is 3.40. The number of carboxylic acid groups (broad SMARTS) is 1. The van der Waals surface area contributed by atoms with E-state index in [9.17, 15) is 14.7 Å². The lowest BCUT2D eigenvalue weighted by Crippen LogP contribution is -2.67. The van der Waals surface area contributed by atoms with E-state index in [1.54, 1.807) is 19.9 Å². The number of amides is 1. The Labute approximate surface area is 259 Å². The van der Waals surface area contributed by atoms with Gasteiger partial charge < -0.3 is 23.7 Å². The second-order valence-corrected chi connectivity index (χ2v) is 16.3. The molecule has 230 valence electrons. The van der Waals surface area contributed by atoms with Gasteiger partial charge in [-0.1, -0.05) is 93.0 Å². The van der Waals surface area contributed by atoms with Crippen LogP contribution in [0.2, 0.25) is 10.1 Å². The van der Waals surface area contributed by atoms with Crippen LogP contribution in [0.5, 0.6) is 11.5 Å². The second kappa shape index (κ2) is 13.4. The lowest BCUT2D eigenvalue weighted by atomic mass is 10.1. The summed E-state index contributed by atoms with van der Waals surface area (Å²) in [7, 11) is -1.64. The molecule has 1 fully saturated rings. The molecule has 2 atom stereocenters. The number of ether oxygens (including phenoxy) is 3. The van der Waals surface area contributed by atoms with E-state index in [0.29, 0.717) is 17.0 Å². The van der Waals surface area contributed by atoms with Crippen LogP contribution in [0.25, 0.3) is 0 Å². The molecule has 0 unspecified atom stereocenters. The van der Waals surface area contributed by atoms with Gasteiger partial charge in [0.05, 0.1) is 30.9 Å². The third-order valence-corrected chi connectivity index (χ3v) is 13.4. The summed E-state index contributed by atoms with van der Waals surface area (Å²) in [5.41, 5.74) is 0.724. The van der Waals surface area contributed by atoms with Crippen LogP contribution in [0.1, 0.15) is 50.0 Å². The van der Waals surface area contributed by atoms with E-state index in [-0.39, 0.29) is 48.0 Å². The summed E-state index contributed by atoms with van der Waals surface area (Å²) >= 11 is 6.47. The van der Waals surface area contributed by atoms with Gasteiger partial charge in [0, 0.05) is 6.54 Å². The van der Waals surface area contributed by atoms with E-state index in [4.69, 9.17) is 30.2 Å². The van der Waals surface area contributed by atoms with Crippen LogP contribution in [-0.4, -0.2) is 69.4 Å². The maximum Gasteiger partial charge on any atom is 0.407 e. The number of aryl methyl sites for hydroxylation is 1. The first-order valence-corrected chi connectivity index (χ1v) is 16.7. The number of carbonyl (C=O) groups excluding carboxylic acids is 1. The molecule has 1 saturated heterocycles. The number of hydrogen-bond acceptors (Lipinski definition) is 6. The molecule has 1 heterocycles. The number of hydrogen-bond donors (Lipinski definition) is 1. The van der Waals surface area contributed by atoms with E-state index in [2.05, 4.69) is 45.0 Å². The van der Waals surface area contributed by atoms with E-state index >= 15 is 0 Å². The molecule has 0 spiro atoms. The minimum absolute atomic E-state index is 0.00351. The minimum atomic E-state index is -2.91. The summed E-state index contributed by atoms with van der Waals surface area (Å²) in [5, 5.41) is 12.5. The van der Waals surface area contributed by atoms with Crippen LogP contribution in [0.3, 0.4) is 0 Å². The molecule has 0 saturated carbocycles. The molecule has 10 heteroatoms. The van der Waals surface area contributed by atoms with Gasteiger partial charge in [0.25, 0.3) is 8.32 Å². The number of methoxy groups -OCH3 is 1. The molecular formula is C33H40ClNO7Si. The largest absolute Gasteiger partial charge is 0.491 e. The van der Waals surface area contributed by atoms with Crippen molar-refractivity contribution in [3.63, 3.8) is 0 Å². The molecule has 1 aliphatic heterocycles. The van der Waals surface area contributed by atoms with Crippen LogP contribution in [0.4, 0.5) is 4.79 Å². The van der Waals surface area contributed by atoms with E-state index in [0.717, 1.165) is 10.4 Å². The Morgan fingerprint density at radius 1 is 1.02 bits per heavy atom. The summed E-state index contributed by atoms with van der Waals surface area (Å²) in [5.74, 6) is -0.255. The maximum atomic E-state index is 12.8. The van der Waals surface area contributed by atoms with E-state index in [1.165, 1.54) is 12.0 Å². The number of carbonyl (C=O) groups is 2. The predicted octanol–water partition coefficient (Wildman–Crippen LogP) is 5.91. The van der Waals surface area contributed by atoms with Gasteiger partial charge in [0.2, 0.25) is 0 Å². The standard InChI is InChI=1S/C33H40ClNO7Si/c1-7-40-30-28(31(36)39-6)27(18-22(2)29(30)34)41-21-23-19-24(20-35(23)32(37)38)42-43(33(3,4)5,25-14-10-8-11-15-25)26-16-12-9-13-17-26/h8-18,23-24H,7,19-21H2,1-6H3,(H,37,38)/t23-,24-/m1/s1. The van der Waals surface area contributed by atoms with Gasteiger partial charge in [-0.25, -0.2) is 9.59 Å². The molecule has 0 radical (unpaired) electrons. The van der Waals surface area contributed by atoms with Crippen molar-refractivity contribution in [1.29, 1.82) is 0 Å². The van der Waals surface area contributed by atoms with Crippen LogP contribution in [0.15, 0.2) is 66.7 Å². The Kier molecular flexibility index (Phi) is 10.1. The number of nitrogens with zero attached hydrogens (tertiary/aromatic N) is 1. The van der Waals surface area contributed by atoms with E-state index < -0.39 is 26.4 Å². The van der Waals surface area contributed by atoms with Crippen molar-refractivity contribution in [2.75, 3.05) is 26.9 Å². The maximum absolute atomic E-state index is 12.8. The normalized spacial score (nSPS) is 17.0. The van der Waals surface area contributed by atoms with Crippen molar-refractivity contribution in [2.24, 2.45) is 0 Å². The summed E-state index contributed by atoms with van der Waals surface area (Å²) < 4.78 is 24.1. The molecule has 3 aromatic carbocycles. The zero-order valence-corrected chi connectivity index (χ0v) is 27.3. The zero-order valence-electron chi connectivity index (χ0n) is 25.6. The van der Waals surface area contributed by atoms with Gasteiger partial charge in [-0.2, -0.15) is 0 Å². The van der Waals surface area contributed by atoms with Gasteiger partial charge in [-0.3, -0.25) is 4.90 Å². The Morgan fingerprint density at radius 3 is 2.09 bits per heavy atom. The van der Waals surface area contributed by atoms with Crippen molar-refractivity contribution in [3.8, 4) is 11.5 Å². The Bertz CT molecular complexity index is 1390. The second-order valence-electron chi connectivity index (χ2n) is 11.7. The highest BCUT2D eigenvalue weighted by Gasteiger charge is 2.53. The minimum Gasteiger partial charge on any atom is -0.491 e. The number of benzene rings is 3. The fourth-order valence-electron chi connectivity index (χ4n) is 5.90. The SMILES string of the molecule is CCOc1c(Cl)c(C)cc(OC[C@H]2C[C@@H](O[Si](c3ccccc3)(c3ccccc3)C(C)(C)C)CN2C(=O)O)c1C(=O)OC. The monoisotopic (exact) mass is 625 g/mol. The molecule has 4 rings (SSSR count). The molecule has 1 amide bonds. The fraction of sp³-hybridized carbons (Fsp3) is 0.394. The summed E-state index contributed by atoms with van der Waals surface area (Å²) in [6.07, 6.45) is -1.01. The van der Waals surface area contributed by atoms with Crippen molar-refractivity contribution >= 4 is 42.4 Å². The van der Waals surface area contributed by atoms with Gasteiger partial charge in [0.1, 0.15) is 17.9 Å². The van der Waals surface area contributed by atoms with Crippen LogP contribution in [0, 0.1) is 6.92 Å². The lowest BCUT2D eigenvalue weighted by Gasteiger charge is -2.44. The number of esters is 1. The summed E-state index contributed by atoms with van der Waals surface area (Å²) in [6.45, 7) is 10.6. The van der Waals surface area contributed by atoms with Crippen LogP contribution < -0.4 is 19.8 Å². The summed E-state index contributed by atoms with van der Waals surface area (Å²) in [4.78, 5) is 26.6. The molecule has 0 aliphatic carbocycles. The molecule has 0 aromatic heterocycles. The van der Waals surface area contributed by atoms with E-state index in [1.807, 2.05) is 36.4 Å². The first kappa shape index (κ1) is 32.4. The first-order valence-electron chi connectivity index (χ1n) is 14.4. The summed E-state index contributed by atoms with van der Waals surface area (Å²) in [6, 6.07) is 21.6. The van der Waals surface area contributed by atoms with Crippen molar-refractivity contribution < 1.29 is 33.3 Å². The van der Waals surface area contributed by atoms with Gasteiger partial charge >= 0.3 is 12.1 Å². The van der Waals surface area contributed by atoms with Gasteiger partial charge in [-0.05, 0) is 47.3 Å². The molecule has 1 N–H and O–H groups in total. The number of halogens is 1. The lowest BCUT2D eigenvalue weighted by molar-refractivity contribution is 0.0588. The number of rotatable bonds is 10. The predicted molar refractivity (Wildman–Crippen MR) is 170 cm³/mol. The van der Waals surface area contributed by atoms with Crippen LogP contribution >= 0.6 is 11.6 Å². The molecule has 0 bridgehead atoms. The van der Waals surface area contributed by atoms with Gasteiger partial charge in [-0.15, -0.1) is 0 Å². The zero-order chi connectivity index (χ0) is 31.4. The number of likely N-dealkylation sites (tertiary alicyclic amines) is 1. The third kappa shape index (κ3) is 6.54. The Morgan fingerprint density at radius 2 is 1.60 bits per heavy atom. The van der Waals surface area contributed by atoms with Crippen molar-refractivity contribution in [2.45, 2.75) is 58.2 Å². The Balaban J connectivity index is 1.68. The smallest absolute Gasteiger partial charge is 0.407 e. The fourth-order valence-corrected chi connectivity index (χ4v) is 10.8.